The van der Waals surface area contributed by atoms with Gasteiger partial charge in [-0.1, -0.05) is 18.2 Å². The van der Waals surface area contributed by atoms with E-state index in [0.29, 0.717) is 4.90 Å². The van der Waals surface area contributed by atoms with Crippen LogP contribution in [0.25, 0.3) is 0 Å². The van der Waals surface area contributed by atoms with Crippen LogP contribution in [0.15, 0.2) is 35.2 Å². The second kappa shape index (κ2) is 5.77. The number of phenols is 1. The molecule has 0 bridgehead atoms. The Balaban J connectivity index is 2.90. The molecule has 1 aromatic rings. The van der Waals surface area contributed by atoms with Crippen LogP contribution in [0.3, 0.4) is 0 Å². The van der Waals surface area contributed by atoms with E-state index in [4.69, 9.17) is 0 Å². The number of hydrogen-bond acceptors (Lipinski definition) is 3. The van der Waals surface area contributed by atoms with Gasteiger partial charge in [0.25, 0.3) is 5.24 Å². The third-order valence-corrected chi connectivity index (χ3v) is 3.18. The lowest BCUT2D eigenvalue weighted by molar-refractivity contribution is 0.241. The Morgan fingerprint density at radius 3 is 2.65 bits per heavy atom. The summed E-state index contributed by atoms with van der Waals surface area (Å²) in [5, 5.41) is 9.58. The van der Waals surface area contributed by atoms with Gasteiger partial charge in [0.15, 0.2) is 0 Å². The highest BCUT2D eigenvalue weighted by molar-refractivity contribution is 8.13. The van der Waals surface area contributed by atoms with Crippen LogP contribution in [-0.2, 0) is 6.42 Å². The van der Waals surface area contributed by atoms with Crippen molar-refractivity contribution in [1.82, 2.24) is 4.90 Å². The largest absolute Gasteiger partial charge is 0.507 e. The summed E-state index contributed by atoms with van der Waals surface area (Å²) in [6.07, 6.45) is 0.754. The standard InChI is InChI=1S/C13H17NO2S/c1-9(2)7-10-5-6-11(15)12(8-10)17-13(16)14(3)4/h5-6,8,15H,1,7H2,2-4H3. The van der Waals surface area contributed by atoms with Crippen molar-refractivity contribution in [3.63, 3.8) is 0 Å². The van der Waals surface area contributed by atoms with Gasteiger partial charge in [0, 0.05) is 14.1 Å². The van der Waals surface area contributed by atoms with Gasteiger partial charge in [-0.05, 0) is 42.8 Å². The molecule has 0 aliphatic carbocycles. The van der Waals surface area contributed by atoms with Crippen molar-refractivity contribution in [3.8, 4) is 5.75 Å². The number of benzene rings is 1. The summed E-state index contributed by atoms with van der Waals surface area (Å²) in [4.78, 5) is 13.6. The fourth-order valence-electron chi connectivity index (χ4n) is 1.28. The lowest BCUT2D eigenvalue weighted by Crippen LogP contribution is -2.16. The van der Waals surface area contributed by atoms with Gasteiger partial charge in [-0.3, -0.25) is 4.79 Å². The van der Waals surface area contributed by atoms with Gasteiger partial charge < -0.3 is 10.0 Å². The van der Waals surface area contributed by atoms with E-state index < -0.39 is 0 Å². The third kappa shape index (κ3) is 4.15. The first-order valence-electron chi connectivity index (χ1n) is 5.25. The zero-order chi connectivity index (χ0) is 13.0. The molecule has 0 heterocycles. The van der Waals surface area contributed by atoms with Crippen molar-refractivity contribution >= 4 is 17.0 Å². The topological polar surface area (TPSA) is 40.5 Å². The highest BCUT2D eigenvalue weighted by atomic mass is 32.2. The van der Waals surface area contributed by atoms with Gasteiger partial charge in [0.05, 0.1) is 4.90 Å². The van der Waals surface area contributed by atoms with E-state index in [1.165, 1.54) is 4.90 Å². The van der Waals surface area contributed by atoms with Gasteiger partial charge in [-0.15, -0.1) is 0 Å². The van der Waals surface area contributed by atoms with E-state index in [2.05, 4.69) is 6.58 Å². The summed E-state index contributed by atoms with van der Waals surface area (Å²) >= 11 is 1.03. The summed E-state index contributed by atoms with van der Waals surface area (Å²) in [5.74, 6) is 0.135. The quantitative estimate of drug-likeness (QED) is 0.662. The van der Waals surface area contributed by atoms with Crippen LogP contribution in [0.4, 0.5) is 4.79 Å². The molecule has 1 aromatic carbocycles. The molecule has 0 aliphatic heterocycles. The smallest absolute Gasteiger partial charge is 0.286 e. The average molecular weight is 251 g/mol. The number of phenolic OH excluding ortho intramolecular Hbond substituents is 1. The molecule has 1 amide bonds. The van der Waals surface area contributed by atoms with Crippen molar-refractivity contribution in [2.24, 2.45) is 0 Å². The molecule has 1 N–H and O–H groups in total. The minimum atomic E-state index is -0.104. The second-order valence-electron chi connectivity index (χ2n) is 4.20. The molecule has 0 saturated carbocycles. The van der Waals surface area contributed by atoms with E-state index >= 15 is 0 Å². The molecule has 0 unspecified atom stereocenters. The molecule has 4 heteroatoms. The van der Waals surface area contributed by atoms with Crippen molar-refractivity contribution in [2.75, 3.05) is 14.1 Å². The Hall–Kier alpha value is -1.42. The maximum atomic E-state index is 11.6. The van der Waals surface area contributed by atoms with Crippen molar-refractivity contribution in [3.05, 3.63) is 35.9 Å². The third-order valence-electron chi connectivity index (χ3n) is 2.09. The molecule has 0 atom stereocenters. The van der Waals surface area contributed by atoms with Crippen LogP contribution < -0.4 is 0 Å². The van der Waals surface area contributed by atoms with Gasteiger partial charge in [-0.25, -0.2) is 0 Å². The predicted octanol–water partition coefficient (Wildman–Crippen LogP) is 3.28. The predicted molar refractivity (Wildman–Crippen MR) is 71.6 cm³/mol. The molecule has 0 radical (unpaired) electrons. The van der Waals surface area contributed by atoms with E-state index in [1.807, 2.05) is 19.1 Å². The molecule has 0 spiro atoms. The summed E-state index contributed by atoms with van der Waals surface area (Å²) in [6.45, 7) is 5.80. The van der Waals surface area contributed by atoms with Crippen LogP contribution in [0.2, 0.25) is 0 Å². The number of amides is 1. The number of allylic oxidation sites excluding steroid dienone is 1. The van der Waals surface area contributed by atoms with Crippen LogP contribution in [0, 0.1) is 0 Å². The average Bonchev–Trinajstić information content (AvgIpc) is 2.22. The van der Waals surface area contributed by atoms with Gasteiger partial charge in [0.1, 0.15) is 5.75 Å². The molecule has 0 aliphatic rings. The maximum absolute atomic E-state index is 11.6. The zero-order valence-electron chi connectivity index (χ0n) is 10.4. The first-order chi connectivity index (χ1) is 7.90. The number of hydrogen-bond donors (Lipinski definition) is 1. The minimum Gasteiger partial charge on any atom is -0.507 e. The summed E-state index contributed by atoms with van der Waals surface area (Å²) in [6, 6.07) is 5.29. The molecule has 17 heavy (non-hydrogen) atoms. The summed E-state index contributed by atoms with van der Waals surface area (Å²) in [7, 11) is 3.37. The maximum Gasteiger partial charge on any atom is 0.286 e. The van der Waals surface area contributed by atoms with Crippen molar-refractivity contribution < 1.29 is 9.90 Å². The lowest BCUT2D eigenvalue weighted by Gasteiger charge is -2.11. The van der Waals surface area contributed by atoms with Crippen LogP contribution in [-0.4, -0.2) is 29.3 Å². The number of carbonyl (C=O) groups excluding carboxylic acids is 1. The lowest BCUT2D eigenvalue weighted by atomic mass is 10.1. The van der Waals surface area contributed by atoms with Crippen LogP contribution >= 0.6 is 11.8 Å². The van der Waals surface area contributed by atoms with E-state index in [0.717, 1.165) is 29.3 Å². The van der Waals surface area contributed by atoms with Gasteiger partial charge >= 0.3 is 0 Å². The Morgan fingerprint density at radius 1 is 1.47 bits per heavy atom. The Kier molecular flexibility index (Phi) is 4.63. The van der Waals surface area contributed by atoms with Gasteiger partial charge in [0.2, 0.25) is 0 Å². The fraction of sp³-hybridized carbons (Fsp3) is 0.308. The monoisotopic (exact) mass is 251 g/mol. The molecular formula is C13H17NO2S. The minimum absolute atomic E-state index is 0.104. The molecule has 0 fully saturated rings. The molecule has 92 valence electrons. The Morgan fingerprint density at radius 2 is 2.12 bits per heavy atom. The molecular weight excluding hydrogens is 234 g/mol. The van der Waals surface area contributed by atoms with Gasteiger partial charge in [-0.2, -0.15) is 0 Å². The first kappa shape index (κ1) is 13.6. The second-order valence-corrected chi connectivity index (χ2v) is 5.19. The highest BCUT2D eigenvalue weighted by Crippen LogP contribution is 2.31. The number of rotatable bonds is 3. The van der Waals surface area contributed by atoms with Crippen LogP contribution in [0.5, 0.6) is 5.75 Å². The molecule has 3 nitrogen and oxygen atoms in total. The van der Waals surface area contributed by atoms with E-state index in [-0.39, 0.29) is 11.0 Å². The highest BCUT2D eigenvalue weighted by Gasteiger charge is 2.11. The number of aromatic hydroxyl groups is 1. The van der Waals surface area contributed by atoms with Crippen molar-refractivity contribution in [2.45, 2.75) is 18.2 Å². The van der Waals surface area contributed by atoms with Crippen molar-refractivity contribution in [1.29, 1.82) is 0 Å². The Labute approximate surface area is 106 Å². The number of carbonyl (C=O) groups is 1. The van der Waals surface area contributed by atoms with Crippen LogP contribution in [0.1, 0.15) is 12.5 Å². The zero-order valence-corrected chi connectivity index (χ0v) is 11.2. The Bertz CT molecular complexity index is 441. The van der Waals surface area contributed by atoms with E-state index in [9.17, 15) is 9.90 Å². The molecule has 1 rings (SSSR count). The number of nitrogens with zero attached hydrogens (tertiary/aromatic N) is 1. The summed E-state index contributed by atoms with van der Waals surface area (Å²) in [5.41, 5.74) is 2.09. The SMILES string of the molecule is C=C(C)Cc1ccc(O)c(SC(=O)N(C)C)c1. The normalized spacial score (nSPS) is 10.1. The fourth-order valence-corrected chi connectivity index (χ4v) is 2.04. The summed E-state index contributed by atoms with van der Waals surface area (Å²) < 4.78 is 0. The molecule has 0 saturated heterocycles. The first-order valence-corrected chi connectivity index (χ1v) is 6.07. The number of thioether (sulfide) groups is 1. The van der Waals surface area contributed by atoms with E-state index in [1.54, 1.807) is 20.2 Å². The molecule has 0 aromatic heterocycles.